The molecule has 1 fully saturated rings. The number of carbonyl (C=O) groups excluding carboxylic acids is 1. The number of hydrogen-bond donors (Lipinski definition) is 2. The molecule has 2 unspecified atom stereocenters. The molecule has 2 N–H and O–H groups in total. The quantitative estimate of drug-likeness (QED) is 0.631. The van der Waals surface area contributed by atoms with E-state index in [2.05, 4.69) is 6.08 Å². The maximum Gasteiger partial charge on any atom is 0.157 e. The molecule has 0 aliphatic heterocycles. The number of hydrogen-bond acceptors (Lipinski definition) is 3. The van der Waals surface area contributed by atoms with Crippen molar-refractivity contribution >= 4 is 11.9 Å². The Morgan fingerprint density at radius 2 is 2.00 bits per heavy atom. The van der Waals surface area contributed by atoms with E-state index in [0.29, 0.717) is 18.3 Å². The summed E-state index contributed by atoms with van der Waals surface area (Å²) < 4.78 is 0. The second kappa shape index (κ2) is 4.26. The van der Waals surface area contributed by atoms with Crippen LogP contribution in [0.15, 0.2) is 35.4 Å². The van der Waals surface area contributed by atoms with E-state index in [9.17, 15) is 15.0 Å². The monoisotopic (exact) mass is 256 g/mol. The molecule has 0 bridgehead atoms. The lowest BCUT2D eigenvalue weighted by atomic mass is 9.99. The number of allylic oxidation sites excluding steroid dienone is 4. The van der Waals surface area contributed by atoms with E-state index in [1.165, 1.54) is 17.2 Å². The van der Waals surface area contributed by atoms with Crippen LogP contribution in [0.4, 0.5) is 0 Å². The van der Waals surface area contributed by atoms with Gasteiger partial charge in [-0.2, -0.15) is 0 Å². The van der Waals surface area contributed by atoms with Gasteiger partial charge in [0.2, 0.25) is 0 Å². The van der Waals surface area contributed by atoms with Crippen molar-refractivity contribution in [2.75, 3.05) is 0 Å². The zero-order valence-electron chi connectivity index (χ0n) is 10.8. The second-order valence-electron chi connectivity index (χ2n) is 5.34. The molecule has 3 heteroatoms. The molecule has 19 heavy (non-hydrogen) atoms. The normalized spacial score (nSPS) is 25.4. The Morgan fingerprint density at radius 3 is 2.68 bits per heavy atom. The van der Waals surface area contributed by atoms with Crippen molar-refractivity contribution in [2.45, 2.75) is 19.8 Å². The molecule has 2 aliphatic rings. The topological polar surface area (TPSA) is 57.5 Å². The Labute approximate surface area is 111 Å². The minimum absolute atomic E-state index is 0.0971. The van der Waals surface area contributed by atoms with E-state index in [1.807, 2.05) is 13.0 Å². The molecule has 1 aromatic carbocycles. The molecular weight excluding hydrogens is 240 g/mol. The SMILES string of the molecule is CC1=C(C=O)CC=C(c2ccc(O)c(O)c2)C2CC12. The fourth-order valence-electron chi connectivity index (χ4n) is 2.96. The summed E-state index contributed by atoms with van der Waals surface area (Å²) >= 11 is 0. The number of carbonyl (C=O) groups is 1. The molecule has 3 nitrogen and oxygen atoms in total. The summed E-state index contributed by atoms with van der Waals surface area (Å²) in [6.45, 7) is 2.04. The first-order valence-electron chi connectivity index (χ1n) is 6.49. The molecule has 0 amide bonds. The lowest BCUT2D eigenvalue weighted by molar-refractivity contribution is -0.105. The number of aromatic hydroxyl groups is 2. The summed E-state index contributed by atoms with van der Waals surface area (Å²) in [5.41, 5.74) is 4.19. The van der Waals surface area contributed by atoms with Crippen molar-refractivity contribution in [3.63, 3.8) is 0 Å². The predicted octanol–water partition coefficient (Wildman–Crippen LogP) is 3.04. The van der Waals surface area contributed by atoms with Gasteiger partial charge in [0.25, 0.3) is 0 Å². The highest BCUT2D eigenvalue weighted by molar-refractivity contribution is 5.80. The average molecular weight is 256 g/mol. The van der Waals surface area contributed by atoms with Gasteiger partial charge in [-0.15, -0.1) is 0 Å². The zero-order valence-corrected chi connectivity index (χ0v) is 10.8. The third kappa shape index (κ3) is 1.95. The number of phenolic OH excluding ortho intramolecular Hbond substituents is 2. The number of fused-ring (bicyclic) bond motifs is 1. The van der Waals surface area contributed by atoms with Crippen molar-refractivity contribution in [3.05, 3.63) is 41.0 Å². The maximum absolute atomic E-state index is 11.1. The van der Waals surface area contributed by atoms with Crippen LogP contribution in [-0.2, 0) is 4.79 Å². The van der Waals surface area contributed by atoms with Gasteiger partial charge in [0.15, 0.2) is 11.5 Å². The summed E-state index contributed by atoms with van der Waals surface area (Å²) in [5.74, 6) is 0.708. The van der Waals surface area contributed by atoms with Crippen LogP contribution in [0, 0.1) is 11.8 Å². The second-order valence-corrected chi connectivity index (χ2v) is 5.34. The smallest absolute Gasteiger partial charge is 0.157 e. The van der Waals surface area contributed by atoms with Crippen LogP contribution in [0.25, 0.3) is 5.57 Å². The van der Waals surface area contributed by atoms with Gasteiger partial charge in [-0.3, -0.25) is 4.79 Å². The number of benzene rings is 1. The molecule has 2 atom stereocenters. The van der Waals surface area contributed by atoms with Crippen molar-refractivity contribution in [1.82, 2.24) is 0 Å². The van der Waals surface area contributed by atoms with E-state index < -0.39 is 0 Å². The van der Waals surface area contributed by atoms with Gasteiger partial charge in [-0.05, 0) is 60.4 Å². The number of rotatable bonds is 2. The fraction of sp³-hybridized carbons (Fsp3) is 0.312. The number of aldehydes is 1. The Balaban J connectivity index is 1.97. The van der Waals surface area contributed by atoms with Gasteiger partial charge in [-0.1, -0.05) is 17.7 Å². The molecule has 0 radical (unpaired) electrons. The lowest BCUT2D eigenvalue weighted by Gasteiger charge is -2.08. The third-order valence-corrected chi connectivity index (χ3v) is 4.25. The summed E-state index contributed by atoms with van der Waals surface area (Å²) in [5, 5.41) is 19.0. The first-order chi connectivity index (χ1) is 9.11. The molecule has 2 aliphatic carbocycles. The van der Waals surface area contributed by atoms with Crippen molar-refractivity contribution in [3.8, 4) is 11.5 Å². The van der Waals surface area contributed by atoms with E-state index in [-0.39, 0.29) is 11.5 Å². The first kappa shape index (κ1) is 12.0. The van der Waals surface area contributed by atoms with Gasteiger partial charge < -0.3 is 10.2 Å². The zero-order chi connectivity index (χ0) is 13.6. The molecule has 1 saturated carbocycles. The molecule has 3 rings (SSSR count). The van der Waals surface area contributed by atoms with Crippen molar-refractivity contribution < 1.29 is 15.0 Å². The predicted molar refractivity (Wildman–Crippen MR) is 72.7 cm³/mol. The van der Waals surface area contributed by atoms with Crippen LogP contribution in [-0.4, -0.2) is 16.5 Å². The Morgan fingerprint density at radius 1 is 1.21 bits per heavy atom. The van der Waals surface area contributed by atoms with Gasteiger partial charge in [0, 0.05) is 0 Å². The molecule has 98 valence electrons. The number of phenols is 2. The van der Waals surface area contributed by atoms with Crippen LogP contribution < -0.4 is 0 Å². The fourth-order valence-corrected chi connectivity index (χ4v) is 2.96. The Kier molecular flexibility index (Phi) is 2.70. The Hall–Kier alpha value is -2.03. The summed E-state index contributed by atoms with van der Waals surface area (Å²) in [6, 6.07) is 4.92. The minimum Gasteiger partial charge on any atom is -0.504 e. The van der Waals surface area contributed by atoms with E-state index in [1.54, 1.807) is 6.07 Å². The van der Waals surface area contributed by atoms with E-state index in [4.69, 9.17) is 0 Å². The molecular formula is C16H16O3. The van der Waals surface area contributed by atoms with Crippen LogP contribution in [0.5, 0.6) is 11.5 Å². The molecule has 1 aromatic rings. The van der Waals surface area contributed by atoms with Gasteiger partial charge >= 0.3 is 0 Å². The van der Waals surface area contributed by atoms with Gasteiger partial charge in [-0.25, -0.2) is 0 Å². The molecule has 0 spiro atoms. The van der Waals surface area contributed by atoms with Gasteiger partial charge in [0.1, 0.15) is 6.29 Å². The highest BCUT2D eigenvalue weighted by Crippen LogP contribution is 2.54. The summed E-state index contributed by atoms with van der Waals surface area (Å²) in [7, 11) is 0. The molecule has 0 heterocycles. The largest absolute Gasteiger partial charge is 0.504 e. The average Bonchev–Trinajstić information content (AvgIpc) is 3.17. The minimum atomic E-state index is -0.104. The maximum atomic E-state index is 11.1. The van der Waals surface area contributed by atoms with Crippen LogP contribution in [0.3, 0.4) is 0 Å². The van der Waals surface area contributed by atoms with Crippen molar-refractivity contribution in [1.29, 1.82) is 0 Å². The van der Waals surface area contributed by atoms with Crippen LogP contribution >= 0.6 is 0 Å². The third-order valence-electron chi connectivity index (χ3n) is 4.25. The summed E-state index contributed by atoms with van der Waals surface area (Å²) in [4.78, 5) is 11.1. The van der Waals surface area contributed by atoms with Crippen LogP contribution in [0.1, 0.15) is 25.3 Å². The van der Waals surface area contributed by atoms with E-state index >= 15 is 0 Å². The first-order valence-corrected chi connectivity index (χ1v) is 6.49. The van der Waals surface area contributed by atoms with E-state index in [0.717, 1.165) is 23.8 Å². The summed E-state index contributed by atoms with van der Waals surface area (Å²) in [6.07, 6.45) is 4.76. The molecule has 0 saturated heterocycles. The van der Waals surface area contributed by atoms with Crippen LogP contribution in [0.2, 0.25) is 0 Å². The molecule has 0 aromatic heterocycles. The lowest BCUT2D eigenvalue weighted by Crippen LogP contribution is -1.91. The highest BCUT2D eigenvalue weighted by Gasteiger charge is 2.43. The van der Waals surface area contributed by atoms with Crippen molar-refractivity contribution in [2.24, 2.45) is 11.8 Å². The Bertz CT molecular complexity index is 610. The van der Waals surface area contributed by atoms with Gasteiger partial charge in [0.05, 0.1) is 0 Å². The highest BCUT2D eigenvalue weighted by atomic mass is 16.3. The standard InChI is InChI=1S/C16H16O3/c1-9-11(8-17)2-4-12(14-7-13(9)14)10-3-5-15(18)16(19)6-10/h3-6,8,13-14,18-19H,2,7H2,1H3.